The van der Waals surface area contributed by atoms with Gasteiger partial charge in [0.1, 0.15) is 29.9 Å². The highest BCUT2D eigenvalue weighted by Crippen LogP contribution is 2.41. The molecule has 0 unspecified atom stereocenters. The Morgan fingerprint density at radius 1 is 1.14 bits per heavy atom. The third-order valence-corrected chi connectivity index (χ3v) is 7.46. The quantitative estimate of drug-likeness (QED) is 0.710. The Bertz CT molecular complexity index is 1060. The van der Waals surface area contributed by atoms with Gasteiger partial charge >= 0.3 is 0 Å². The van der Waals surface area contributed by atoms with Crippen molar-refractivity contribution < 1.29 is 14.5 Å². The summed E-state index contributed by atoms with van der Waals surface area (Å²) in [6.45, 7) is 5.19. The monoisotopic (exact) mass is 412 g/mol. The van der Waals surface area contributed by atoms with Crippen molar-refractivity contribution in [2.24, 2.45) is 0 Å². The Kier molecular flexibility index (Phi) is 4.50. The number of fused-ring (bicyclic) bond motifs is 5. The Hall–Kier alpha value is -2.03. The van der Waals surface area contributed by atoms with E-state index in [1.54, 1.807) is 17.7 Å². The molecule has 2 aliphatic heterocycles. The molecule has 29 heavy (non-hydrogen) atoms. The third-order valence-electron chi connectivity index (χ3n) is 6.36. The number of anilines is 2. The van der Waals surface area contributed by atoms with E-state index in [1.165, 1.54) is 33.6 Å². The smallest absolute Gasteiger partial charge is 0.279 e. The first-order valence-corrected chi connectivity index (χ1v) is 11.5. The van der Waals surface area contributed by atoms with Crippen LogP contribution >= 0.6 is 11.3 Å². The number of H-pyrrole nitrogens is 1. The molecule has 8 heteroatoms. The highest BCUT2D eigenvalue weighted by molar-refractivity contribution is 7.25. The Labute approximate surface area is 173 Å². The fourth-order valence-electron chi connectivity index (χ4n) is 4.94. The van der Waals surface area contributed by atoms with E-state index < -0.39 is 0 Å². The van der Waals surface area contributed by atoms with Gasteiger partial charge in [-0.25, -0.2) is 15.0 Å². The number of hydrogen-bond acceptors (Lipinski definition) is 7. The molecule has 1 atom stereocenters. The standard InChI is InChI=1S/C21H25N5O2S/c1-4-14-15(5-1)20(26-6-9-27-10-7-26)25-21-16(14)17-18(29-21)19(24-12-23-17)22-11-13-3-2-8-28-13/h12-13H,1-11H2,(H,22,23,24)/p+1/t13-/m1/s1. The van der Waals surface area contributed by atoms with Crippen LogP contribution in [0.4, 0.5) is 11.6 Å². The molecule has 0 saturated carbocycles. The topological polar surface area (TPSA) is 73.7 Å². The number of aromatic nitrogens is 3. The lowest BCUT2D eigenvalue weighted by molar-refractivity contribution is -0.328. The van der Waals surface area contributed by atoms with Crippen molar-refractivity contribution >= 4 is 43.4 Å². The summed E-state index contributed by atoms with van der Waals surface area (Å²) < 4.78 is 12.5. The maximum absolute atomic E-state index is 5.76. The molecule has 0 spiro atoms. The Balaban J connectivity index is 1.45. The van der Waals surface area contributed by atoms with Crippen molar-refractivity contribution in [3.05, 3.63) is 17.5 Å². The number of nitrogens with zero attached hydrogens (tertiary/aromatic N) is 3. The summed E-state index contributed by atoms with van der Waals surface area (Å²) >= 11 is 1.77. The SMILES string of the molecule is c1nc(NC[C@H]2CCCO2)c2sc3[nH+]c(N4CCOCC4)c4c(c3c2n1)CCC4. The number of nitrogens with one attached hydrogen (secondary N) is 2. The Morgan fingerprint density at radius 3 is 2.90 bits per heavy atom. The molecule has 2 fully saturated rings. The number of pyridine rings is 1. The first kappa shape index (κ1) is 17.8. The van der Waals surface area contributed by atoms with Crippen LogP contribution in [0.15, 0.2) is 6.33 Å². The lowest BCUT2D eigenvalue weighted by Gasteiger charge is -2.23. The fraction of sp³-hybridized carbons (Fsp3) is 0.571. The van der Waals surface area contributed by atoms with Gasteiger partial charge in [-0.2, -0.15) is 0 Å². The Morgan fingerprint density at radius 2 is 2.03 bits per heavy atom. The van der Waals surface area contributed by atoms with E-state index in [9.17, 15) is 0 Å². The summed E-state index contributed by atoms with van der Waals surface area (Å²) in [4.78, 5) is 16.7. The molecular formula is C21H26N5O2S+. The van der Waals surface area contributed by atoms with Crippen molar-refractivity contribution in [3.8, 4) is 0 Å². The fourth-order valence-corrected chi connectivity index (χ4v) is 6.09. The highest BCUT2D eigenvalue weighted by atomic mass is 32.1. The second-order valence-corrected chi connectivity index (χ2v) is 9.13. The van der Waals surface area contributed by atoms with Crippen molar-refractivity contribution in [1.29, 1.82) is 0 Å². The molecule has 0 aromatic carbocycles. The molecule has 7 nitrogen and oxygen atoms in total. The maximum Gasteiger partial charge on any atom is 0.279 e. The summed E-state index contributed by atoms with van der Waals surface area (Å²) in [6.07, 6.45) is 7.75. The van der Waals surface area contributed by atoms with Gasteiger partial charge in [0.2, 0.25) is 0 Å². The van der Waals surface area contributed by atoms with E-state index in [4.69, 9.17) is 14.5 Å². The van der Waals surface area contributed by atoms with Crippen LogP contribution < -0.4 is 15.2 Å². The molecule has 0 amide bonds. The maximum atomic E-state index is 5.76. The average Bonchev–Trinajstić information content (AvgIpc) is 3.51. The minimum atomic E-state index is 0.290. The summed E-state index contributed by atoms with van der Waals surface area (Å²) in [5, 5.41) is 4.83. The lowest BCUT2D eigenvalue weighted by atomic mass is 10.1. The summed E-state index contributed by atoms with van der Waals surface area (Å²) in [6, 6.07) is 0. The summed E-state index contributed by atoms with van der Waals surface area (Å²) in [5.41, 5.74) is 4.04. The molecule has 0 radical (unpaired) electrons. The van der Waals surface area contributed by atoms with Gasteiger partial charge in [0.05, 0.1) is 30.2 Å². The van der Waals surface area contributed by atoms with Crippen LogP contribution in [-0.2, 0) is 22.3 Å². The van der Waals surface area contributed by atoms with Gasteiger partial charge in [-0.15, -0.1) is 0 Å². The molecule has 2 N–H and O–H groups in total. The first-order valence-electron chi connectivity index (χ1n) is 10.7. The van der Waals surface area contributed by atoms with Crippen LogP contribution in [0.2, 0.25) is 0 Å². The van der Waals surface area contributed by atoms with E-state index in [2.05, 4.69) is 20.2 Å². The zero-order valence-corrected chi connectivity index (χ0v) is 17.3. The number of ether oxygens (including phenoxy) is 2. The molecule has 6 rings (SSSR count). The van der Waals surface area contributed by atoms with Gasteiger partial charge in [-0.3, -0.25) is 4.90 Å². The molecule has 2 saturated heterocycles. The minimum Gasteiger partial charge on any atom is -0.376 e. The number of aromatic amines is 1. The van der Waals surface area contributed by atoms with Gasteiger partial charge in [0, 0.05) is 18.7 Å². The molecule has 3 aromatic rings. The second kappa shape index (κ2) is 7.34. The molecule has 5 heterocycles. The summed E-state index contributed by atoms with van der Waals surface area (Å²) in [7, 11) is 0. The van der Waals surface area contributed by atoms with Crippen LogP contribution in [0.3, 0.4) is 0 Å². The van der Waals surface area contributed by atoms with E-state index in [0.717, 1.165) is 81.2 Å². The predicted molar refractivity (Wildman–Crippen MR) is 114 cm³/mol. The lowest BCUT2D eigenvalue weighted by Crippen LogP contribution is -2.40. The van der Waals surface area contributed by atoms with Crippen LogP contribution in [0.1, 0.15) is 30.4 Å². The highest BCUT2D eigenvalue weighted by Gasteiger charge is 2.31. The zero-order chi connectivity index (χ0) is 19.2. The van der Waals surface area contributed by atoms with Gasteiger partial charge < -0.3 is 14.8 Å². The normalized spacial score (nSPS) is 21.9. The number of aryl methyl sites for hydroxylation is 1. The van der Waals surface area contributed by atoms with Gasteiger partial charge in [0.15, 0.2) is 4.83 Å². The van der Waals surface area contributed by atoms with Crippen molar-refractivity contribution in [2.75, 3.05) is 49.7 Å². The molecule has 1 aliphatic carbocycles. The average molecular weight is 413 g/mol. The van der Waals surface area contributed by atoms with Crippen molar-refractivity contribution in [3.63, 3.8) is 0 Å². The van der Waals surface area contributed by atoms with E-state index in [-0.39, 0.29) is 6.10 Å². The zero-order valence-electron chi connectivity index (χ0n) is 16.5. The molecule has 3 aromatic heterocycles. The predicted octanol–water partition coefficient (Wildman–Crippen LogP) is 2.57. The van der Waals surface area contributed by atoms with Crippen LogP contribution in [0, 0.1) is 0 Å². The molecule has 3 aliphatic rings. The van der Waals surface area contributed by atoms with Crippen LogP contribution in [-0.4, -0.2) is 55.5 Å². The first-order chi connectivity index (χ1) is 14.4. The molecule has 152 valence electrons. The van der Waals surface area contributed by atoms with Crippen molar-refractivity contribution in [1.82, 2.24) is 9.97 Å². The van der Waals surface area contributed by atoms with Crippen molar-refractivity contribution in [2.45, 2.75) is 38.2 Å². The second-order valence-electron chi connectivity index (χ2n) is 8.11. The van der Waals surface area contributed by atoms with Gasteiger partial charge in [-0.1, -0.05) is 11.3 Å². The van der Waals surface area contributed by atoms with Crippen LogP contribution in [0.25, 0.3) is 20.4 Å². The summed E-state index contributed by atoms with van der Waals surface area (Å²) in [5.74, 6) is 2.22. The van der Waals surface area contributed by atoms with E-state index in [1.807, 2.05) is 0 Å². The van der Waals surface area contributed by atoms with E-state index in [0.29, 0.717) is 0 Å². The number of hydrogen-bond donors (Lipinski definition) is 1. The van der Waals surface area contributed by atoms with Gasteiger partial charge in [-0.05, 0) is 37.7 Å². The van der Waals surface area contributed by atoms with Gasteiger partial charge in [0.25, 0.3) is 5.82 Å². The number of rotatable bonds is 4. The molecular weight excluding hydrogens is 386 g/mol. The van der Waals surface area contributed by atoms with Crippen LogP contribution in [0.5, 0.6) is 0 Å². The largest absolute Gasteiger partial charge is 0.376 e. The minimum absolute atomic E-state index is 0.290. The molecule has 0 bridgehead atoms. The number of thiophene rings is 1. The third kappa shape index (κ3) is 3.05. The van der Waals surface area contributed by atoms with E-state index >= 15 is 0 Å². The number of morpholine rings is 1.